The van der Waals surface area contributed by atoms with E-state index in [1.54, 1.807) is 6.33 Å². The molecule has 4 heteroatoms. The van der Waals surface area contributed by atoms with Crippen LogP contribution >= 0.6 is 15.9 Å². The molecule has 1 heterocycles. The molecule has 0 bridgehead atoms. The Morgan fingerprint density at radius 2 is 1.89 bits per heavy atom. The number of benzene rings is 2. The van der Waals surface area contributed by atoms with Gasteiger partial charge in [-0.3, -0.25) is 0 Å². The highest BCUT2D eigenvalue weighted by molar-refractivity contribution is 9.10. The summed E-state index contributed by atoms with van der Waals surface area (Å²) < 4.78 is 3.12. The summed E-state index contributed by atoms with van der Waals surface area (Å²) in [7, 11) is 0. The molecular weight excluding hydrogens is 302 g/mol. The first-order valence-electron chi connectivity index (χ1n) is 6.12. The zero-order valence-corrected chi connectivity index (χ0v) is 12.1. The van der Waals surface area contributed by atoms with Crippen LogP contribution in [-0.2, 0) is 0 Å². The third-order valence-corrected chi connectivity index (χ3v) is 3.69. The molecular formula is C15H14BrN3. The molecule has 96 valence electrons. The predicted octanol–water partition coefficient (Wildman–Crippen LogP) is 3.81. The van der Waals surface area contributed by atoms with Crippen molar-refractivity contribution in [1.82, 2.24) is 9.55 Å². The molecule has 2 aromatic carbocycles. The number of rotatable bonds is 2. The minimum absolute atomic E-state index is 0.0388. The van der Waals surface area contributed by atoms with Crippen LogP contribution in [0.15, 0.2) is 53.4 Å². The van der Waals surface area contributed by atoms with Crippen LogP contribution in [0.25, 0.3) is 16.5 Å². The summed E-state index contributed by atoms with van der Waals surface area (Å²) >= 11 is 3.49. The number of nitrogens with two attached hydrogens (primary N) is 1. The van der Waals surface area contributed by atoms with Crippen molar-refractivity contribution in [1.29, 1.82) is 0 Å². The molecule has 2 N–H and O–H groups in total. The van der Waals surface area contributed by atoms with E-state index < -0.39 is 0 Å². The molecule has 0 aliphatic heterocycles. The van der Waals surface area contributed by atoms with Crippen LogP contribution in [0.2, 0.25) is 0 Å². The maximum atomic E-state index is 5.96. The summed E-state index contributed by atoms with van der Waals surface area (Å²) in [5.41, 5.74) is 8.06. The van der Waals surface area contributed by atoms with Gasteiger partial charge in [0, 0.05) is 16.2 Å². The summed E-state index contributed by atoms with van der Waals surface area (Å²) in [6.07, 6.45) is 3.62. The van der Waals surface area contributed by atoms with Gasteiger partial charge < -0.3 is 10.3 Å². The van der Waals surface area contributed by atoms with E-state index in [0.29, 0.717) is 0 Å². The predicted molar refractivity (Wildman–Crippen MR) is 81.4 cm³/mol. The SMILES string of the molecule is CC(N)c1cncn1-c1ccc2cc(Br)ccc2c1. The van der Waals surface area contributed by atoms with E-state index in [0.717, 1.165) is 15.9 Å². The molecule has 3 aromatic rings. The Kier molecular flexibility index (Phi) is 3.12. The molecule has 0 saturated heterocycles. The smallest absolute Gasteiger partial charge is 0.0994 e. The van der Waals surface area contributed by atoms with Crippen molar-refractivity contribution in [3.63, 3.8) is 0 Å². The lowest BCUT2D eigenvalue weighted by molar-refractivity contribution is 0.753. The quantitative estimate of drug-likeness (QED) is 0.781. The molecule has 0 fully saturated rings. The lowest BCUT2D eigenvalue weighted by atomic mass is 10.1. The normalized spacial score (nSPS) is 12.8. The van der Waals surface area contributed by atoms with Gasteiger partial charge >= 0.3 is 0 Å². The van der Waals surface area contributed by atoms with E-state index >= 15 is 0 Å². The van der Waals surface area contributed by atoms with Gasteiger partial charge in [-0.25, -0.2) is 4.98 Å². The van der Waals surface area contributed by atoms with Gasteiger partial charge in [0.15, 0.2) is 0 Å². The fraction of sp³-hybridized carbons (Fsp3) is 0.133. The lowest BCUT2D eigenvalue weighted by Gasteiger charge is -2.11. The second-order valence-electron chi connectivity index (χ2n) is 4.65. The van der Waals surface area contributed by atoms with Crippen molar-refractivity contribution in [2.24, 2.45) is 5.73 Å². The third-order valence-electron chi connectivity index (χ3n) is 3.20. The van der Waals surface area contributed by atoms with Crippen LogP contribution in [0.3, 0.4) is 0 Å². The van der Waals surface area contributed by atoms with E-state index in [-0.39, 0.29) is 6.04 Å². The van der Waals surface area contributed by atoms with Crippen molar-refractivity contribution in [3.8, 4) is 5.69 Å². The molecule has 0 spiro atoms. The van der Waals surface area contributed by atoms with Crippen molar-refractivity contribution in [2.45, 2.75) is 13.0 Å². The summed E-state index contributed by atoms with van der Waals surface area (Å²) in [6, 6.07) is 12.6. The Bertz CT molecular complexity index is 731. The number of hydrogen-bond donors (Lipinski definition) is 1. The van der Waals surface area contributed by atoms with Gasteiger partial charge in [-0.15, -0.1) is 0 Å². The molecule has 3 nitrogen and oxygen atoms in total. The largest absolute Gasteiger partial charge is 0.323 e. The average Bonchev–Trinajstić information content (AvgIpc) is 2.87. The third kappa shape index (κ3) is 2.29. The van der Waals surface area contributed by atoms with Gasteiger partial charge in [0.1, 0.15) is 0 Å². The van der Waals surface area contributed by atoms with Crippen LogP contribution in [0.5, 0.6) is 0 Å². The van der Waals surface area contributed by atoms with Crippen molar-refractivity contribution < 1.29 is 0 Å². The molecule has 0 aliphatic rings. The van der Waals surface area contributed by atoms with E-state index in [9.17, 15) is 0 Å². The molecule has 1 aromatic heterocycles. The molecule has 0 aliphatic carbocycles. The first kappa shape index (κ1) is 12.4. The highest BCUT2D eigenvalue weighted by Crippen LogP contribution is 2.24. The molecule has 0 radical (unpaired) electrons. The van der Waals surface area contributed by atoms with Gasteiger partial charge in [0.2, 0.25) is 0 Å². The van der Waals surface area contributed by atoms with Crippen LogP contribution in [-0.4, -0.2) is 9.55 Å². The van der Waals surface area contributed by atoms with Crippen molar-refractivity contribution >= 4 is 26.7 Å². The van der Waals surface area contributed by atoms with Crippen LogP contribution in [0.4, 0.5) is 0 Å². The van der Waals surface area contributed by atoms with Gasteiger partial charge in [0.25, 0.3) is 0 Å². The first-order chi connectivity index (χ1) is 9.15. The second-order valence-corrected chi connectivity index (χ2v) is 5.57. The standard InChI is InChI=1S/C15H14BrN3/c1-10(17)15-8-18-9-19(15)14-5-3-11-6-13(16)4-2-12(11)7-14/h2-10H,17H2,1H3. The number of aromatic nitrogens is 2. The number of halogens is 1. The van der Waals surface area contributed by atoms with Crippen molar-refractivity contribution in [3.05, 3.63) is 59.1 Å². The van der Waals surface area contributed by atoms with Crippen molar-refractivity contribution in [2.75, 3.05) is 0 Å². The molecule has 0 saturated carbocycles. The molecule has 0 amide bonds. The van der Waals surface area contributed by atoms with Gasteiger partial charge in [-0.05, 0) is 42.0 Å². The fourth-order valence-corrected chi connectivity index (χ4v) is 2.59. The summed E-state index contributed by atoms with van der Waals surface area (Å²) in [5, 5.41) is 2.41. The minimum atomic E-state index is -0.0388. The maximum absolute atomic E-state index is 5.96. The Morgan fingerprint density at radius 1 is 1.16 bits per heavy atom. The van der Waals surface area contributed by atoms with E-state index in [1.807, 2.05) is 23.8 Å². The highest BCUT2D eigenvalue weighted by Gasteiger charge is 2.08. The molecule has 1 atom stereocenters. The van der Waals surface area contributed by atoms with Crippen LogP contribution in [0, 0.1) is 0 Å². The highest BCUT2D eigenvalue weighted by atomic mass is 79.9. The lowest BCUT2D eigenvalue weighted by Crippen LogP contribution is -2.10. The maximum Gasteiger partial charge on any atom is 0.0994 e. The zero-order valence-electron chi connectivity index (χ0n) is 10.5. The molecule has 19 heavy (non-hydrogen) atoms. The summed E-state index contributed by atoms with van der Waals surface area (Å²) in [6.45, 7) is 1.96. The van der Waals surface area contributed by atoms with Gasteiger partial charge in [-0.1, -0.05) is 28.1 Å². The first-order valence-corrected chi connectivity index (χ1v) is 6.92. The Labute approximate surface area is 120 Å². The summed E-state index contributed by atoms with van der Waals surface area (Å²) in [5.74, 6) is 0. The number of fused-ring (bicyclic) bond motifs is 1. The Hall–Kier alpha value is -1.65. The second kappa shape index (κ2) is 4.79. The van der Waals surface area contributed by atoms with E-state index in [1.165, 1.54) is 10.8 Å². The number of nitrogens with zero attached hydrogens (tertiary/aromatic N) is 2. The minimum Gasteiger partial charge on any atom is -0.323 e. The van der Waals surface area contributed by atoms with Gasteiger partial charge in [-0.2, -0.15) is 0 Å². The number of imidazole rings is 1. The Balaban J connectivity index is 2.15. The van der Waals surface area contributed by atoms with Crippen LogP contribution < -0.4 is 5.73 Å². The van der Waals surface area contributed by atoms with E-state index in [4.69, 9.17) is 5.73 Å². The van der Waals surface area contributed by atoms with Crippen LogP contribution in [0.1, 0.15) is 18.7 Å². The van der Waals surface area contributed by atoms with E-state index in [2.05, 4.69) is 51.2 Å². The average molecular weight is 316 g/mol. The fourth-order valence-electron chi connectivity index (χ4n) is 2.21. The zero-order chi connectivity index (χ0) is 13.4. The number of hydrogen-bond acceptors (Lipinski definition) is 2. The molecule has 1 unspecified atom stereocenters. The monoisotopic (exact) mass is 315 g/mol. The Morgan fingerprint density at radius 3 is 2.68 bits per heavy atom. The topological polar surface area (TPSA) is 43.8 Å². The molecule has 3 rings (SSSR count). The van der Waals surface area contributed by atoms with Gasteiger partial charge in [0.05, 0.1) is 18.2 Å². The summed E-state index contributed by atoms with van der Waals surface area (Å²) in [4.78, 5) is 4.19.